The van der Waals surface area contributed by atoms with Crippen LogP contribution >= 0.6 is 0 Å². The molecule has 1 aromatic rings. The highest BCUT2D eigenvalue weighted by molar-refractivity contribution is 5.38. The van der Waals surface area contributed by atoms with Crippen molar-refractivity contribution in [3.05, 3.63) is 29.3 Å². The van der Waals surface area contributed by atoms with Crippen molar-refractivity contribution < 1.29 is 17.9 Å². The fourth-order valence-electron chi connectivity index (χ4n) is 1.60. The normalized spacial score (nSPS) is 13.4. The first-order valence-electron chi connectivity index (χ1n) is 5.85. The van der Waals surface area contributed by atoms with Gasteiger partial charge in [-0.3, -0.25) is 0 Å². The molecule has 0 radical (unpaired) electrons. The van der Waals surface area contributed by atoms with Gasteiger partial charge in [0.25, 0.3) is 0 Å². The molecule has 1 rings (SSSR count). The van der Waals surface area contributed by atoms with Gasteiger partial charge in [0.05, 0.1) is 6.61 Å². The molecular weight excluding hydrogens is 243 g/mol. The molecule has 0 saturated carbocycles. The van der Waals surface area contributed by atoms with E-state index in [4.69, 9.17) is 10.5 Å². The summed E-state index contributed by atoms with van der Waals surface area (Å²) in [5.74, 6) is 0.576. The molecule has 0 aliphatic carbocycles. The highest BCUT2D eigenvalue weighted by Gasteiger charge is 2.26. The fraction of sp³-hybridized carbons (Fsp3) is 0.538. The second kappa shape index (κ2) is 6.09. The van der Waals surface area contributed by atoms with Crippen LogP contribution in [0.5, 0.6) is 5.75 Å². The van der Waals surface area contributed by atoms with E-state index in [0.29, 0.717) is 5.75 Å². The van der Waals surface area contributed by atoms with Crippen LogP contribution in [0.1, 0.15) is 36.9 Å². The van der Waals surface area contributed by atoms with Crippen LogP contribution in [0.15, 0.2) is 18.2 Å². The number of hydrogen-bond acceptors (Lipinski definition) is 2. The zero-order valence-corrected chi connectivity index (χ0v) is 10.6. The lowest BCUT2D eigenvalue weighted by atomic mass is 10.1. The first-order chi connectivity index (χ1) is 8.29. The average molecular weight is 261 g/mol. The second-order valence-corrected chi connectivity index (χ2v) is 4.40. The van der Waals surface area contributed by atoms with E-state index in [0.717, 1.165) is 11.1 Å². The first kappa shape index (κ1) is 14.8. The van der Waals surface area contributed by atoms with Crippen LogP contribution in [0.25, 0.3) is 0 Å². The maximum Gasteiger partial charge on any atom is 0.389 e. The molecule has 0 aliphatic rings. The molecule has 0 amide bonds. The van der Waals surface area contributed by atoms with Gasteiger partial charge in [0.2, 0.25) is 0 Å². The highest BCUT2D eigenvalue weighted by Crippen LogP contribution is 2.26. The van der Waals surface area contributed by atoms with Crippen molar-refractivity contribution in [3.63, 3.8) is 0 Å². The van der Waals surface area contributed by atoms with Crippen molar-refractivity contribution >= 4 is 0 Å². The Morgan fingerprint density at radius 1 is 1.33 bits per heavy atom. The smallest absolute Gasteiger partial charge is 0.389 e. The first-order valence-corrected chi connectivity index (χ1v) is 5.85. The maximum atomic E-state index is 12.0. The monoisotopic (exact) mass is 261 g/mol. The van der Waals surface area contributed by atoms with E-state index in [9.17, 15) is 13.2 Å². The van der Waals surface area contributed by atoms with Gasteiger partial charge >= 0.3 is 6.18 Å². The van der Waals surface area contributed by atoms with E-state index in [1.54, 1.807) is 6.07 Å². The van der Waals surface area contributed by atoms with Crippen molar-refractivity contribution in [2.75, 3.05) is 6.61 Å². The Morgan fingerprint density at radius 3 is 2.56 bits per heavy atom. The molecule has 0 aromatic heterocycles. The lowest BCUT2D eigenvalue weighted by Crippen LogP contribution is -2.12. The molecule has 18 heavy (non-hydrogen) atoms. The Balaban J connectivity index is 2.58. The highest BCUT2D eigenvalue weighted by atomic mass is 19.4. The minimum atomic E-state index is -4.13. The number of benzene rings is 1. The predicted octanol–water partition coefficient (Wildman–Crippen LogP) is 3.74. The summed E-state index contributed by atoms with van der Waals surface area (Å²) in [7, 11) is 0. The number of ether oxygens (including phenoxy) is 1. The zero-order chi connectivity index (χ0) is 13.8. The molecule has 1 atom stereocenters. The molecule has 5 heteroatoms. The Bertz CT molecular complexity index is 388. The lowest BCUT2D eigenvalue weighted by molar-refractivity contribution is -0.136. The molecule has 0 aliphatic heterocycles. The third kappa shape index (κ3) is 4.96. The molecule has 0 fully saturated rings. The third-order valence-corrected chi connectivity index (χ3v) is 2.52. The molecular formula is C13H18F3NO. The number of rotatable bonds is 5. The molecule has 1 aromatic carbocycles. The van der Waals surface area contributed by atoms with E-state index in [-0.39, 0.29) is 19.1 Å². The topological polar surface area (TPSA) is 35.2 Å². The van der Waals surface area contributed by atoms with Crippen molar-refractivity contribution in [1.29, 1.82) is 0 Å². The Hall–Kier alpha value is -1.23. The van der Waals surface area contributed by atoms with E-state index in [1.165, 1.54) is 0 Å². The van der Waals surface area contributed by atoms with Crippen molar-refractivity contribution in [2.24, 2.45) is 5.73 Å². The summed E-state index contributed by atoms with van der Waals surface area (Å²) in [6, 6.07) is 5.34. The summed E-state index contributed by atoms with van der Waals surface area (Å²) >= 11 is 0. The number of alkyl halides is 3. The molecule has 0 heterocycles. The zero-order valence-electron chi connectivity index (χ0n) is 10.6. The van der Waals surface area contributed by atoms with Gasteiger partial charge in [-0.05, 0) is 31.9 Å². The Kier molecular flexibility index (Phi) is 5.02. The van der Waals surface area contributed by atoms with E-state index >= 15 is 0 Å². The van der Waals surface area contributed by atoms with Crippen molar-refractivity contribution in [3.8, 4) is 5.75 Å². The summed E-state index contributed by atoms with van der Waals surface area (Å²) < 4.78 is 41.3. The summed E-state index contributed by atoms with van der Waals surface area (Å²) in [4.78, 5) is 0. The van der Waals surface area contributed by atoms with E-state index < -0.39 is 12.6 Å². The van der Waals surface area contributed by atoms with Gasteiger partial charge in [-0.15, -0.1) is 0 Å². The minimum absolute atomic E-state index is 0.0443. The Labute approximate surface area is 105 Å². The van der Waals surface area contributed by atoms with E-state index in [2.05, 4.69) is 0 Å². The van der Waals surface area contributed by atoms with Crippen LogP contribution in [0.3, 0.4) is 0 Å². The molecule has 102 valence electrons. The second-order valence-electron chi connectivity index (χ2n) is 4.40. The van der Waals surface area contributed by atoms with Gasteiger partial charge in [0.1, 0.15) is 5.75 Å². The number of hydrogen-bond donors (Lipinski definition) is 1. The van der Waals surface area contributed by atoms with Gasteiger partial charge in [-0.1, -0.05) is 12.1 Å². The standard InChI is InChI=1S/C13H18F3NO/c1-9-4-5-11(10(2)17)12(8-9)18-7-3-6-13(14,15)16/h4-5,8,10H,3,6-7,17H2,1-2H3/t10-/m1/s1. The summed E-state index contributed by atoms with van der Waals surface area (Å²) in [5, 5.41) is 0. The lowest BCUT2D eigenvalue weighted by Gasteiger charge is -2.15. The van der Waals surface area contributed by atoms with Crippen LogP contribution in [0.2, 0.25) is 0 Å². The Morgan fingerprint density at radius 2 is 2.00 bits per heavy atom. The summed E-state index contributed by atoms with van der Waals surface area (Å²) in [6.45, 7) is 3.75. The van der Waals surface area contributed by atoms with Gasteiger partial charge in [-0.25, -0.2) is 0 Å². The van der Waals surface area contributed by atoms with Crippen molar-refractivity contribution in [1.82, 2.24) is 0 Å². The molecule has 0 bridgehead atoms. The molecule has 0 saturated heterocycles. The summed E-state index contributed by atoms with van der Waals surface area (Å²) in [5.41, 5.74) is 7.58. The predicted molar refractivity (Wildman–Crippen MR) is 64.6 cm³/mol. The molecule has 2 nitrogen and oxygen atoms in total. The van der Waals surface area contributed by atoms with Crippen LogP contribution in [-0.4, -0.2) is 12.8 Å². The van der Waals surface area contributed by atoms with Crippen molar-refractivity contribution in [2.45, 2.75) is 38.9 Å². The number of aryl methyl sites for hydroxylation is 1. The van der Waals surface area contributed by atoms with Crippen LogP contribution in [0.4, 0.5) is 13.2 Å². The van der Waals surface area contributed by atoms with Gasteiger partial charge < -0.3 is 10.5 Å². The van der Waals surface area contributed by atoms with Crippen LogP contribution in [-0.2, 0) is 0 Å². The molecule has 2 N–H and O–H groups in total. The molecule has 0 unspecified atom stereocenters. The maximum absolute atomic E-state index is 12.0. The number of nitrogens with two attached hydrogens (primary N) is 1. The van der Waals surface area contributed by atoms with Gasteiger partial charge in [0.15, 0.2) is 0 Å². The number of halogens is 3. The van der Waals surface area contributed by atoms with Crippen LogP contribution in [0, 0.1) is 6.92 Å². The SMILES string of the molecule is Cc1ccc([C@@H](C)N)c(OCCCC(F)(F)F)c1. The molecule has 0 spiro atoms. The largest absolute Gasteiger partial charge is 0.493 e. The van der Waals surface area contributed by atoms with Gasteiger partial charge in [0, 0.05) is 18.0 Å². The third-order valence-electron chi connectivity index (χ3n) is 2.52. The van der Waals surface area contributed by atoms with Gasteiger partial charge in [-0.2, -0.15) is 13.2 Å². The quantitative estimate of drug-likeness (QED) is 0.819. The minimum Gasteiger partial charge on any atom is -0.493 e. The fourth-order valence-corrected chi connectivity index (χ4v) is 1.60. The average Bonchev–Trinajstić information content (AvgIpc) is 2.22. The summed E-state index contributed by atoms with van der Waals surface area (Å²) in [6.07, 6.45) is -5.00. The van der Waals surface area contributed by atoms with Crippen LogP contribution < -0.4 is 10.5 Å². The van der Waals surface area contributed by atoms with E-state index in [1.807, 2.05) is 26.0 Å².